The Hall–Kier alpha value is -0.650. The standard InChI is InChI=1S/C15H29N3O2/c1-16-7-9-18(10-8-16)15(19)13-14-3-5-17(6-4-14)11-12-20-2/h14H,3-13H2,1-2H3. The molecule has 5 heteroatoms. The van der Waals surface area contributed by atoms with E-state index in [2.05, 4.69) is 21.7 Å². The lowest BCUT2D eigenvalue weighted by atomic mass is 9.93. The van der Waals surface area contributed by atoms with E-state index in [9.17, 15) is 4.79 Å². The number of hydrogen-bond acceptors (Lipinski definition) is 4. The van der Waals surface area contributed by atoms with E-state index in [1.165, 1.54) is 0 Å². The molecule has 0 aromatic rings. The molecule has 5 nitrogen and oxygen atoms in total. The second kappa shape index (κ2) is 7.96. The SMILES string of the molecule is COCCN1CCC(CC(=O)N2CCN(C)CC2)CC1. The van der Waals surface area contributed by atoms with Gasteiger partial charge in [0, 0.05) is 46.3 Å². The molecule has 116 valence electrons. The summed E-state index contributed by atoms with van der Waals surface area (Å²) in [5, 5.41) is 0. The fourth-order valence-corrected chi connectivity index (χ4v) is 3.07. The average molecular weight is 283 g/mol. The summed E-state index contributed by atoms with van der Waals surface area (Å²) in [6, 6.07) is 0. The largest absolute Gasteiger partial charge is 0.383 e. The van der Waals surface area contributed by atoms with Crippen molar-refractivity contribution in [2.75, 3.05) is 66.6 Å². The summed E-state index contributed by atoms with van der Waals surface area (Å²) >= 11 is 0. The second-order valence-corrected chi connectivity index (χ2v) is 6.17. The molecule has 2 aliphatic heterocycles. The normalized spacial score (nSPS) is 23.2. The molecule has 0 aromatic heterocycles. The summed E-state index contributed by atoms with van der Waals surface area (Å²) < 4.78 is 5.12. The van der Waals surface area contributed by atoms with Crippen LogP contribution < -0.4 is 0 Å². The number of rotatable bonds is 5. The van der Waals surface area contributed by atoms with Gasteiger partial charge in [0.1, 0.15) is 0 Å². The van der Waals surface area contributed by atoms with Gasteiger partial charge in [0.15, 0.2) is 0 Å². The molecule has 0 aromatic carbocycles. The van der Waals surface area contributed by atoms with Crippen molar-refractivity contribution in [1.82, 2.24) is 14.7 Å². The van der Waals surface area contributed by atoms with E-state index >= 15 is 0 Å². The molecule has 2 saturated heterocycles. The third-order valence-corrected chi connectivity index (χ3v) is 4.64. The highest BCUT2D eigenvalue weighted by Gasteiger charge is 2.25. The van der Waals surface area contributed by atoms with E-state index in [1.54, 1.807) is 7.11 Å². The zero-order valence-corrected chi connectivity index (χ0v) is 13.0. The number of likely N-dealkylation sites (N-methyl/N-ethyl adjacent to an activating group) is 1. The highest BCUT2D eigenvalue weighted by Crippen LogP contribution is 2.21. The highest BCUT2D eigenvalue weighted by molar-refractivity contribution is 5.76. The number of ether oxygens (including phenoxy) is 1. The van der Waals surface area contributed by atoms with Crippen molar-refractivity contribution in [3.05, 3.63) is 0 Å². The van der Waals surface area contributed by atoms with Gasteiger partial charge in [-0.3, -0.25) is 4.79 Å². The van der Waals surface area contributed by atoms with Crippen LogP contribution in [0.15, 0.2) is 0 Å². The number of piperazine rings is 1. The molecule has 20 heavy (non-hydrogen) atoms. The van der Waals surface area contributed by atoms with Crippen LogP contribution in [-0.4, -0.2) is 87.2 Å². The fraction of sp³-hybridized carbons (Fsp3) is 0.933. The van der Waals surface area contributed by atoms with Gasteiger partial charge < -0.3 is 19.4 Å². The van der Waals surface area contributed by atoms with Gasteiger partial charge in [-0.05, 0) is 38.9 Å². The van der Waals surface area contributed by atoms with Gasteiger partial charge in [-0.2, -0.15) is 0 Å². The van der Waals surface area contributed by atoms with Crippen molar-refractivity contribution in [1.29, 1.82) is 0 Å². The smallest absolute Gasteiger partial charge is 0.222 e. The molecule has 0 radical (unpaired) electrons. The maximum absolute atomic E-state index is 12.3. The van der Waals surface area contributed by atoms with Crippen LogP contribution >= 0.6 is 0 Å². The molecular formula is C15H29N3O2. The first-order valence-corrected chi connectivity index (χ1v) is 7.86. The molecule has 0 saturated carbocycles. The summed E-state index contributed by atoms with van der Waals surface area (Å²) in [7, 11) is 3.87. The molecule has 0 unspecified atom stereocenters. The number of methoxy groups -OCH3 is 1. The Bertz CT molecular complexity index is 295. The first-order chi connectivity index (χ1) is 9.69. The summed E-state index contributed by atoms with van der Waals surface area (Å²) in [5.74, 6) is 0.953. The Morgan fingerprint density at radius 2 is 1.75 bits per heavy atom. The van der Waals surface area contributed by atoms with Gasteiger partial charge >= 0.3 is 0 Å². The number of hydrogen-bond donors (Lipinski definition) is 0. The summed E-state index contributed by atoms with van der Waals surface area (Å²) in [4.78, 5) is 19.1. The lowest BCUT2D eigenvalue weighted by molar-refractivity contribution is -0.134. The third kappa shape index (κ3) is 4.72. The van der Waals surface area contributed by atoms with E-state index in [4.69, 9.17) is 4.74 Å². The monoisotopic (exact) mass is 283 g/mol. The van der Waals surface area contributed by atoms with Crippen molar-refractivity contribution >= 4 is 5.91 Å². The van der Waals surface area contributed by atoms with E-state index in [0.29, 0.717) is 11.8 Å². The Kier molecular flexibility index (Phi) is 6.26. The number of amides is 1. The quantitative estimate of drug-likeness (QED) is 0.736. The van der Waals surface area contributed by atoms with E-state index in [-0.39, 0.29) is 0 Å². The molecule has 0 aliphatic carbocycles. The Morgan fingerprint density at radius 1 is 1.10 bits per heavy atom. The van der Waals surface area contributed by atoms with E-state index < -0.39 is 0 Å². The first kappa shape index (κ1) is 15.7. The lowest BCUT2D eigenvalue weighted by Gasteiger charge is -2.35. The van der Waals surface area contributed by atoms with Crippen molar-refractivity contribution in [2.24, 2.45) is 5.92 Å². The van der Waals surface area contributed by atoms with Crippen molar-refractivity contribution in [3.8, 4) is 0 Å². The molecule has 1 amide bonds. The van der Waals surface area contributed by atoms with Gasteiger partial charge in [0.2, 0.25) is 5.91 Å². The Labute approximate surface area is 122 Å². The number of likely N-dealkylation sites (tertiary alicyclic amines) is 1. The fourth-order valence-electron chi connectivity index (χ4n) is 3.07. The van der Waals surface area contributed by atoms with Crippen LogP contribution in [0.3, 0.4) is 0 Å². The molecule has 2 rings (SSSR count). The average Bonchev–Trinajstić information content (AvgIpc) is 2.47. The summed E-state index contributed by atoms with van der Waals surface area (Å²) in [6.45, 7) is 7.90. The predicted molar refractivity (Wildman–Crippen MR) is 79.7 cm³/mol. The molecular weight excluding hydrogens is 254 g/mol. The molecule has 0 bridgehead atoms. The highest BCUT2D eigenvalue weighted by atomic mass is 16.5. The van der Waals surface area contributed by atoms with Crippen LogP contribution in [0.25, 0.3) is 0 Å². The summed E-state index contributed by atoms with van der Waals surface area (Å²) in [5.41, 5.74) is 0. The maximum Gasteiger partial charge on any atom is 0.222 e. The van der Waals surface area contributed by atoms with Crippen LogP contribution in [0, 0.1) is 5.92 Å². The minimum Gasteiger partial charge on any atom is -0.383 e. The molecule has 2 aliphatic rings. The van der Waals surface area contributed by atoms with Crippen LogP contribution in [-0.2, 0) is 9.53 Å². The van der Waals surface area contributed by atoms with Crippen LogP contribution in [0.4, 0.5) is 0 Å². The minimum absolute atomic E-state index is 0.369. The van der Waals surface area contributed by atoms with Gasteiger partial charge in [-0.1, -0.05) is 0 Å². The Morgan fingerprint density at radius 3 is 2.35 bits per heavy atom. The van der Waals surface area contributed by atoms with Crippen molar-refractivity contribution in [2.45, 2.75) is 19.3 Å². The summed E-state index contributed by atoms with van der Waals surface area (Å²) in [6.07, 6.45) is 3.06. The van der Waals surface area contributed by atoms with Crippen molar-refractivity contribution < 1.29 is 9.53 Å². The first-order valence-electron chi connectivity index (χ1n) is 7.86. The Balaban J connectivity index is 1.66. The van der Waals surface area contributed by atoms with Gasteiger partial charge in [-0.25, -0.2) is 0 Å². The van der Waals surface area contributed by atoms with E-state index in [0.717, 1.165) is 71.7 Å². The number of nitrogens with zero attached hydrogens (tertiary/aromatic N) is 3. The van der Waals surface area contributed by atoms with Gasteiger partial charge in [0.05, 0.1) is 6.61 Å². The third-order valence-electron chi connectivity index (χ3n) is 4.64. The van der Waals surface area contributed by atoms with Crippen LogP contribution in [0.2, 0.25) is 0 Å². The van der Waals surface area contributed by atoms with E-state index in [1.807, 2.05) is 0 Å². The zero-order chi connectivity index (χ0) is 14.4. The number of carbonyl (C=O) groups is 1. The number of piperidine rings is 1. The molecule has 0 atom stereocenters. The van der Waals surface area contributed by atoms with Crippen molar-refractivity contribution in [3.63, 3.8) is 0 Å². The van der Waals surface area contributed by atoms with Gasteiger partial charge in [-0.15, -0.1) is 0 Å². The molecule has 2 fully saturated rings. The minimum atomic E-state index is 0.369. The predicted octanol–water partition coefficient (Wildman–Crippen LogP) is 0.509. The van der Waals surface area contributed by atoms with Crippen LogP contribution in [0.1, 0.15) is 19.3 Å². The lowest BCUT2D eigenvalue weighted by Crippen LogP contribution is -2.48. The second-order valence-electron chi connectivity index (χ2n) is 6.17. The molecule has 0 spiro atoms. The van der Waals surface area contributed by atoms with Crippen LogP contribution in [0.5, 0.6) is 0 Å². The zero-order valence-electron chi connectivity index (χ0n) is 13.0. The number of carbonyl (C=O) groups excluding carboxylic acids is 1. The topological polar surface area (TPSA) is 36.0 Å². The molecule has 2 heterocycles. The molecule has 0 N–H and O–H groups in total. The maximum atomic E-state index is 12.3. The van der Waals surface area contributed by atoms with Gasteiger partial charge in [0.25, 0.3) is 0 Å².